The van der Waals surface area contributed by atoms with Crippen molar-refractivity contribution in [2.45, 2.75) is 26.7 Å². The van der Waals surface area contributed by atoms with Crippen LogP contribution in [0.25, 0.3) is 0 Å². The number of sulfonamides is 1. The normalized spacial score (nSPS) is 14.3. The van der Waals surface area contributed by atoms with Crippen molar-refractivity contribution in [1.82, 2.24) is 4.72 Å². The zero-order valence-electron chi connectivity index (χ0n) is 11.8. The summed E-state index contributed by atoms with van der Waals surface area (Å²) >= 11 is 0. The summed E-state index contributed by atoms with van der Waals surface area (Å²) in [6.07, 6.45) is 0. The summed E-state index contributed by atoms with van der Waals surface area (Å²) in [7, 11) is -3.33. The molecular formula is C14H23NO3S. The first-order valence-electron chi connectivity index (χ1n) is 6.39. The van der Waals surface area contributed by atoms with E-state index in [9.17, 15) is 8.42 Å². The van der Waals surface area contributed by atoms with Crippen molar-refractivity contribution in [3.63, 3.8) is 0 Å². The van der Waals surface area contributed by atoms with Crippen molar-refractivity contribution in [2.75, 3.05) is 18.9 Å². The van der Waals surface area contributed by atoms with Crippen molar-refractivity contribution in [3.8, 4) is 0 Å². The molecule has 0 spiro atoms. The predicted octanol–water partition coefficient (Wildman–Crippen LogP) is 1.73. The predicted molar refractivity (Wildman–Crippen MR) is 77.5 cm³/mol. The van der Waals surface area contributed by atoms with Crippen LogP contribution >= 0.6 is 0 Å². The maximum Gasteiger partial charge on any atom is 0.212 e. The van der Waals surface area contributed by atoms with Crippen LogP contribution < -0.4 is 4.72 Å². The standard InChI is InChI=1S/C14H23NO3S/c1-12(13-7-5-4-6-8-13)9-19(17,18)15-10-14(2,3)11-16/h4-8,12,15-16H,9-11H2,1-3H3. The summed E-state index contributed by atoms with van der Waals surface area (Å²) in [5.74, 6) is -0.00523. The van der Waals surface area contributed by atoms with E-state index in [1.807, 2.05) is 51.1 Å². The van der Waals surface area contributed by atoms with E-state index in [-0.39, 0.29) is 24.8 Å². The highest BCUT2D eigenvalue weighted by atomic mass is 32.2. The second kappa shape index (κ2) is 6.50. The lowest BCUT2D eigenvalue weighted by Crippen LogP contribution is -2.38. The molecule has 0 heterocycles. The average Bonchev–Trinajstić information content (AvgIpc) is 2.37. The Morgan fingerprint density at radius 2 is 1.84 bits per heavy atom. The molecule has 0 radical (unpaired) electrons. The van der Waals surface area contributed by atoms with Crippen molar-refractivity contribution >= 4 is 10.0 Å². The van der Waals surface area contributed by atoms with Gasteiger partial charge in [0.25, 0.3) is 0 Å². The topological polar surface area (TPSA) is 66.4 Å². The molecule has 0 fully saturated rings. The molecule has 0 aliphatic carbocycles. The van der Waals surface area contributed by atoms with Gasteiger partial charge in [-0.05, 0) is 11.5 Å². The van der Waals surface area contributed by atoms with Gasteiger partial charge < -0.3 is 5.11 Å². The maximum atomic E-state index is 12.0. The molecule has 0 saturated heterocycles. The van der Waals surface area contributed by atoms with Crippen LogP contribution in [0.2, 0.25) is 0 Å². The fourth-order valence-electron chi connectivity index (χ4n) is 1.63. The number of hydrogen-bond donors (Lipinski definition) is 2. The first kappa shape index (κ1) is 16.1. The molecule has 108 valence electrons. The Labute approximate surface area is 115 Å². The molecule has 5 heteroatoms. The number of aliphatic hydroxyl groups excluding tert-OH is 1. The minimum absolute atomic E-state index is 0.0518. The Kier molecular flexibility index (Phi) is 5.52. The average molecular weight is 285 g/mol. The van der Waals surface area contributed by atoms with Gasteiger partial charge in [-0.3, -0.25) is 0 Å². The van der Waals surface area contributed by atoms with E-state index in [1.54, 1.807) is 0 Å². The van der Waals surface area contributed by atoms with Gasteiger partial charge in [0.05, 0.1) is 5.75 Å². The molecule has 1 aromatic carbocycles. The SMILES string of the molecule is CC(CS(=O)(=O)NCC(C)(C)CO)c1ccccc1. The molecule has 0 aliphatic heterocycles. The second-order valence-corrected chi connectivity index (χ2v) is 7.59. The number of benzene rings is 1. The summed E-state index contributed by atoms with van der Waals surface area (Å²) in [6.45, 7) is 5.72. The molecule has 0 amide bonds. The number of hydrogen-bond acceptors (Lipinski definition) is 3. The Morgan fingerprint density at radius 3 is 2.37 bits per heavy atom. The van der Waals surface area contributed by atoms with Crippen molar-refractivity contribution in [2.24, 2.45) is 5.41 Å². The van der Waals surface area contributed by atoms with E-state index in [0.717, 1.165) is 5.56 Å². The van der Waals surface area contributed by atoms with E-state index in [4.69, 9.17) is 5.11 Å². The summed E-state index contributed by atoms with van der Waals surface area (Å²) in [5, 5.41) is 9.12. The van der Waals surface area contributed by atoms with E-state index < -0.39 is 15.4 Å². The fraction of sp³-hybridized carbons (Fsp3) is 0.571. The lowest BCUT2D eigenvalue weighted by Gasteiger charge is -2.22. The monoisotopic (exact) mass is 285 g/mol. The third-order valence-corrected chi connectivity index (χ3v) is 4.56. The first-order valence-corrected chi connectivity index (χ1v) is 8.04. The molecular weight excluding hydrogens is 262 g/mol. The maximum absolute atomic E-state index is 12.0. The van der Waals surface area contributed by atoms with Crippen LogP contribution in [-0.2, 0) is 10.0 Å². The Hall–Kier alpha value is -0.910. The highest BCUT2D eigenvalue weighted by Gasteiger charge is 2.22. The van der Waals surface area contributed by atoms with Crippen molar-refractivity contribution in [3.05, 3.63) is 35.9 Å². The zero-order chi connectivity index (χ0) is 14.5. The highest BCUT2D eigenvalue weighted by molar-refractivity contribution is 7.89. The van der Waals surface area contributed by atoms with E-state index in [0.29, 0.717) is 0 Å². The highest BCUT2D eigenvalue weighted by Crippen LogP contribution is 2.17. The van der Waals surface area contributed by atoms with Crippen LogP contribution in [0.5, 0.6) is 0 Å². The van der Waals surface area contributed by atoms with Gasteiger partial charge in [0.2, 0.25) is 10.0 Å². The Balaban J connectivity index is 2.60. The quantitative estimate of drug-likeness (QED) is 0.802. The second-order valence-electron chi connectivity index (χ2n) is 5.74. The van der Waals surface area contributed by atoms with Crippen LogP contribution in [0.4, 0.5) is 0 Å². The third kappa shape index (κ3) is 5.72. The van der Waals surface area contributed by atoms with E-state index in [1.165, 1.54) is 0 Å². The third-order valence-electron chi connectivity index (χ3n) is 3.04. The largest absolute Gasteiger partial charge is 0.396 e. The molecule has 1 unspecified atom stereocenters. The van der Waals surface area contributed by atoms with Crippen LogP contribution in [-0.4, -0.2) is 32.4 Å². The van der Waals surface area contributed by atoms with Gasteiger partial charge in [-0.25, -0.2) is 13.1 Å². The minimum atomic E-state index is -3.33. The van der Waals surface area contributed by atoms with Gasteiger partial charge >= 0.3 is 0 Å². The Morgan fingerprint density at radius 1 is 1.26 bits per heavy atom. The van der Waals surface area contributed by atoms with Crippen molar-refractivity contribution < 1.29 is 13.5 Å². The smallest absolute Gasteiger partial charge is 0.212 e. The van der Waals surface area contributed by atoms with Gasteiger partial charge in [0.1, 0.15) is 0 Å². The zero-order valence-corrected chi connectivity index (χ0v) is 12.6. The van der Waals surface area contributed by atoms with Crippen LogP contribution in [0, 0.1) is 5.41 Å². The molecule has 0 aliphatic rings. The van der Waals surface area contributed by atoms with Gasteiger partial charge in [-0.15, -0.1) is 0 Å². The lowest BCUT2D eigenvalue weighted by atomic mass is 9.96. The molecule has 0 aromatic heterocycles. The van der Waals surface area contributed by atoms with Crippen LogP contribution in [0.1, 0.15) is 32.3 Å². The summed E-state index contributed by atoms with van der Waals surface area (Å²) in [4.78, 5) is 0. The molecule has 19 heavy (non-hydrogen) atoms. The molecule has 4 nitrogen and oxygen atoms in total. The number of rotatable bonds is 7. The summed E-state index contributed by atoms with van der Waals surface area (Å²) < 4.78 is 26.5. The summed E-state index contributed by atoms with van der Waals surface area (Å²) in [6, 6.07) is 9.57. The van der Waals surface area contributed by atoms with Crippen molar-refractivity contribution in [1.29, 1.82) is 0 Å². The lowest BCUT2D eigenvalue weighted by molar-refractivity contribution is 0.163. The molecule has 2 N–H and O–H groups in total. The first-order chi connectivity index (χ1) is 8.76. The van der Waals surface area contributed by atoms with Crippen LogP contribution in [0.15, 0.2) is 30.3 Å². The fourth-order valence-corrected chi connectivity index (χ4v) is 3.21. The molecule has 1 atom stereocenters. The van der Waals surface area contributed by atoms with Gasteiger partial charge in [0.15, 0.2) is 0 Å². The summed E-state index contributed by atoms with van der Waals surface area (Å²) in [5.41, 5.74) is 0.567. The molecule has 1 aromatic rings. The molecule has 0 bridgehead atoms. The van der Waals surface area contributed by atoms with Gasteiger partial charge in [-0.2, -0.15) is 0 Å². The number of aliphatic hydroxyl groups is 1. The van der Waals surface area contributed by atoms with E-state index >= 15 is 0 Å². The molecule has 1 rings (SSSR count). The van der Waals surface area contributed by atoms with Crippen LogP contribution in [0.3, 0.4) is 0 Å². The van der Waals surface area contributed by atoms with E-state index in [2.05, 4.69) is 4.72 Å². The minimum Gasteiger partial charge on any atom is -0.396 e. The number of nitrogens with one attached hydrogen (secondary N) is 1. The molecule has 0 saturated carbocycles. The Bertz CT molecular complexity index is 483. The van der Waals surface area contributed by atoms with Gasteiger partial charge in [-0.1, -0.05) is 51.1 Å². The van der Waals surface area contributed by atoms with Gasteiger partial charge in [0, 0.05) is 18.6 Å².